The van der Waals surface area contributed by atoms with Gasteiger partial charge in [0.2, 0.25) is 5.91 Å². The van der Waals surface area contributed by atoms with E-state index in [0.717, 1.165) is 30.9 Å². The Bertz CT molecular complexity index is 676. The van der Waals surface area contributed by atoms with Crippen molar-refractivity contribution in [3.63, 3.8) is 0 Å². The molecule has 0 bridgehead atoms. The molecule has 1 unspecified atom stereocenters. The quantitative estimate of drug-likeness (QED) is 0.798. The normalized spacial score (nSPS) is 15.3. The van der Waals surface area contributed by atoms with Crippen molar-refractivity contribution in [1.82, 2.24) is 4.90 Å². The molecule has 1 atom stereocenters. The molecule has 1 amide bonds. The van der Waals surface area contributed by atoms with Crippen LogP contribution < -0.4 is 11.1 Å². The fourth-order valence-electron chi connectivity index (χ4n) is 3.15. The molecule has 26 heavy (non-hydrogen) atoms. The molecule has 1 fully saturated rings. The van der Waals surface area contributed by atoms with Crippen molar-refractivity contribution in [2.24, 2.45) is 5.73 Å². The highest BCUT2D eigenvalue weighted by molar-refractivity contribution is 5.95. The van der Waals surface area contributed by atoms with Gasteiger partial charge >= 0.3 is 0 Å². The Morgan fingerprint density at radius 3 is 2.38 bits per heavy atom. The molecule has 0 spiro atoms. The molecule has 3 N–H and O–H groups in total. The lowest BCUT2D eigenvalue weighted by Gasteiger charge is -2.26. The second-order valence-corrected chi connectivity index (χ2v) is 6.41. The van der Waals surface area contributed by atoms with Crippen LogP contribution in [0, 0.1) is 0 Å². The number of amides is 1. The molecule has 2 aromatic rings. The number of nitrogens with two attached hydrogens (primary N) is 1. The Labute approximate surface area is 168 Å². The predicted octanol–water partition coefficient (Wildman–Crippen LogP) is 4.15. The number of benzene rings is 2. The Balaban J connectivity index is 0.00000169. The first-order valence-electron chi connectivity index (χ1n) is 8.65. The Morgan fingerprint density at radius 1 is 1.00 bits per heavy atom. The number of rotatable bonds is 5. The summed E-state index contributed by atoms with van der Waals surface area (Å²) in [6.07, 6.45) is 3.90. The van der Waals surface area contributed by atoms with Gasteiger partial charge in [-0.15, -0.1) is 24.8 Å². The van der Waals surface area contributed by atoms with Gasteiger partial charge in [-0.25, -0.2) is 0 Å². The second kappa shape index (κ2) is 11.2. The fraction of sp³-hybridized carbons (Fsp3) is 0.350. The van der Waals surface area contributed by atoms with Crippen molar-refractivity contribution in [1.29, 1.82) is 0 Å². The van der Waals surface area contributed by atoms with E-state index in [1.165, 1.54) is 24.8 Å². The molecule has 1 heterocycles. The van der Waals surface area contributed by atoms with Gasteiger partial charge in [0.1, 0.15) is 6.04 Å². The average Bonchev–Trinajstić information content (AvgIpc) is 2.63. The van der Waals surface area contributed by atoms with Crippen molar-refractivity contribution in [3.8, 4) is 0 Å². The summed E-state index contributed by atoms with van der Waals surface area (Å²) in [6.45, 7) is 3.26. The van der Waals surface area contributed by atoms with Crippen molar-refractivity contribution >= 4 is 36.4 Å². The van der Waals surface area contributed by atoms with Crippen molar-refractivity contribution < 1.29 is 4.79 Å². The maximum absolute atomic E-state index is 12.4. The maximum Gasteiger partial charge on any atom is 0.245 e. The molecule has 3 rings (SSSR count). The minimum Gasteiger partial charge on any atom is -0.324 e. The number of anilines is 1. The summed E-state index contributed by atoms with van der Waals surface area (Å²) < 4.78 is 0. The molecule has 0 radical (unpaired) electrons. The molecule has 1 saturated heterocycles. The Morgan fingerprint density at radius 2 is 1.69 bits per heavy atom. The van der Waals surface area contributed by atoms with Crippen LogP contribution in [0.3, 0.4) is 0 Å². The van der Waals surface area contributed by atoms with Crippen LogP contribution >= 0.6 is 24.8 Å². The van der Waals surface area contributed by atoms with E-state index in [4.69, 9.17) is 5.73 Å². The van der Waals surface area contributed by atoms with Gasteiger partial charge in [-0.1, -0.05) is 48.9 Å². The van der Waals surface area contributed by atoms with E-state index in [0.29, 0.717) is 0 Å². The van der Waals surface area contributed by atoms with Crippen LogP contribution in [0.5, 0.6) is 0 Å². The summed E-state index contributed by atoms with van der Waals surface area (Å²) in [7, 11) is 0. The lowest BCUT2D eigenvalue weighted by molar-refractivity contribution is -0.117. The number of piperidine rings is 1. The van der Waals surface area contributed by atoms with Gasteiger partial charge in [-0.3, -0.25) is 9.69 Å². The molecule has 1 aliphatic heterocycles. The lowest BCUT2D eigenvalue weighted by atomic mass is 10.1. The molecule has 4 nitrogen and oxygen atoms in total. The third-order valence-corrected chi connectivity index (χ3v) is 4.49. The number of nitrogens with one attached hydrogen (secondary N) is 1. The molecule has 0 aromatic heterocycles. The number of carbonyl (C=O) groups is 1. The van der Waals surface area contributed by atoms with Crippen molar-refractivity contribution in [2.75, 3.05) is 18.4 Å². The van der Waals surface area contributed by atoms with Crippen molar-refractivity contribution in [3.05, 3.63) is 65.7 Å². The summed E-state index contributed by atoms with van der Waals surface area (Å²) in [5, 5.41) is 2.94. The maximum atomic E-state index is 12.4. The fourth-order valence-corrected chi connectivity index (χ4v) is 3.15. The molecule has 2 aromatic carbocycles. The molecule has 142 valence electrons. The highest BCUT2D eigenvalue weighted by Gasteiger charge is 2.16. The highest BCUT2D eigenvalue weighted by Crippen LogP contribution is 2.18. The van der Waals surface area contributed by atoms with Crippen LogP contribution in [0.1, 0.15) is 36.4 Å². The van der Waals surface area contributed by atoms with Gasteiger partial charge in [-0.2, -0.15) is 0 Å². The monoisotopic (exact) mass is 395 g/mol. The van der Waals surface area contributed by atoms with Crippen LogP contribution in [0.2, 0.25) is 0 Å². The zero-order valence-electron chi connectivity index (χ0n) is 14.8. The van der Waals surface area contributed by atoms with Crippen molar-refractivity contribution in [2.45, 2.75) is 31.8 Å². The number of likely N-dealkylation sites (tertiary alicyclic amines) is 1. The van der Waals surface area contributed by atoms with E-state index in [1.54, 1.807) is 0 Å². The molecule has 0 aliphatic carbocycles. The van der Waals surface area contributed by atoms with E-state index in [-0.39, 0.29) is 30.7 Å². The number of carbonyl (C=O) groups excluding carboxylic acids is 1. The molecule has 6 heteroatoms. The summed E-state index contributed by atoms with van der Waals surface area (Å²) in [4.78, 5) is 14.8. The average molecular weight is 396 g/mol. The largest absolute Gasteiger partial charge is 0.324 e. The summed E-state index contributed by atoms with van der Waals surface area (Å²) >= 11 is 0. The molecular weight excluding hydrogens is 369 g/mol. The van der Waals surface area contributed by atoms with E-state index in [1.807, 2.05) is 48.5 Å². The third kappa shape index (κ3) is 6.29. The number of halogens is 2. The lowest BCUT2D eigenvalue weighted by Crippen LogP contribution is -2.29. The van der Waals surface area contributed by atoms with E-state index in [9.17, 15) is 4.79 Å². The van der Waals surface area contributed by atoms with Gasteiger partial charge in [0.25, 0.3) is 0 Å². The highest BCUT2D eigenvalue weighted by atomic mass is 35.5. The topological polar surface area (TPSA) is 58.4 Å². The van der Waals surface area contributed by atoms with Gasteiger partial charge in [0.05, 0.1) is 0 Å². The molecule has 1 aliphatic rings. The Hall–Kier alpha value is -1.59. The molecular formula is C20H27Cl2N3O. The van der Waals surface area contributed by atoms with Gasteiger partial charge in [0, 0.05) is 12.2 Å². The predicted molar refractivity (Wildman–Crippen MR) is 112 cm³/mol. The summed E-state index contributed by atoms with van der Waals surface area (Å²) in [5.41, 5.74) is 8.90. The molecule has 0 saturated carbocycles. The zero-order chi connectivity index (χ0) is 16.8. The summed E-state index contributed by atoms with van der Waals surface area (Å²) in [6, 6.07) is 16.8. The van der Waals surface area contributed by atoms with Gasteiger partial charge in [-0.05, 0) is 49.2 Å². The number of nitrogens with zero attached hydrogens (tertiary/aromatic N) is 1. The van der Waals surface area contributed by atoms with E-state index < -0.39 is 6.04 Å². The minimum atomic E-state index is -0.656. The van der Waals surface area contributed by atoms with E-state index in [2.05, 4.69) is 16.3 Å². The van der Waals surface area contributed by atoms with Crippen LogP contribution in [-0.4, -0.2) is 23.9 Å². The standard InChI is InChI=1S/C20H25N3O.2ClH/c21-19(17-9-3-1-4-10-17)20(24)22-18-11-7-8-16(14-18)15-23-12-5-2-6-13-23;;/h1,3-4,7-11,14,19H,2,5-6,12-13,15,21H2,(H,22,24);2*1H. The van der Waals surface area contributed by atoms with Gasteiger partial charge < -0.3 is 11.1 Å². The third-order valence-electron chi connectivity index (χ3n) is 4.49. The number of hydrogen-bond acceptors (Lipinski definition) is 3. The number of hydrogen-bond donors (Lipinski definition) is 2. The van der Waals surface area contributed by atoms with Gasteiger partial charge in [0.15, 0.2) is 0 Å². The van der Waals surface area contributed by atoms with Crippen LogP contribution in [0.25, 0.3) is 0 Å². The summed E-state index contributed by atoms with van der Waals surface area (Å²) in [5.74, 6) is -0.184. The van der Waals surface area contributed by atoms with E-state index >= 15 is 0 Å². The Kier molecular flexibility index (Phi) is 9.66. The minimum absolute atomic E-state index is 0. The first kappa shape index (κ1) is 22.5. The first-order chi connectivity index (χ1) is 11.7. The SMILES string of the molecule is Cl.Cl.NC(C(=O)Nc1cccc(CN2CCCCC2)c1)c1ccccc1. The zero-order valence-corrected chi connectivity index (χ0v) is 16.4. The smallest absolute Gasteiger partial charge is 0.245 e. The first-order valence-corrected chi connectivity index (χ1v) is 8.65. The van der Waals surface area contributed by atoms with Crippen LogP contribution in [0.4, 0.5) is 5.69 Å². The van der Waals surface area contributed by atoms with Crippen LogP contribution in [-0.2, 0) is 11.3 Å². The second-order valence-electron chi connectivity index (χ2n) is 6.41. The van der Waals surface area contributed by atoms with Crippen LogP contribution in [0.15, 0.2) is 54.6 Å².